The maximum atomic E-state index is 6.28. The molecule has 0 spiro atoms. The average molecular weight is 411 g/mol. The molecule has 0 radical (unpaired) electrons. The van der Waals surface area contributed by atoms with Crippen molar-refractivity contribution in [2.24, 2.45) is 0 Å². The molecule has 0 saturated carbocycles. The Labute approximate surface area is 146 Å². The standard InChI is InChI=1S/C14H14BrCl2NO2S/c1-18-12(8-6-10(16)21-14(8)17)7-4-5-9(19-2)11(15)13(7)20-3/h4-6,12,18H,1-3H3. The molecule has 1 aromatic heterocycles. The van der Waals surface area contributed by atoms with Gasteiger partial charge in [0, 0.05) is 11.1 Å². The lowest BCUT2D eigenvalue weighted by atomic mass is 10.00. The lowest BCUT2D eigenvalue weighted by Crippen LogP contribution is -2.18. The van der Waals surface area contributed by atoms with Gasteiger partial charge < -0.3 is 14.8 Å². The Morgan fingerprint density at radius 1 is 1.19 bits per heavy atom. The van der Waals surface area contributed by atoms with E-state index in [1.807, 2.05) is 25.2 Å². The van der Waals surface area contributed by atoms with Crippen LogP contribution in [0.1, 0.15) is 17.2 Å². The third kappa shape index (κ3) is 3.32. The number of nitrogens with one attached hydrogen (secondary N) is 1. The molecule has 1 heterocycles. The first kappa shape index (κ1) is 16.9. The Balaban J connectivity index is 2.57. The van der Waals surface area contributed by atoms with Crippen molar-refractivity contribution in [3.05, 3.63) is 42.5 Å². The molecular weight excluding hydrogens is 397 g/mol. The summed E-state index contributed by atoms with van der Waals surface area (Å²) in [5.41, 5.74) is 1.87. The SMILES string of the molecule is CNC(c1cc(Cl)sc1Cl)c1ccc(OC)c(Br)c1OC. The van der Waals surface area contributed by atoms with Crippen LogP contribution >= 0.6 is 50.5 Å². The van der Waals surface area contributed by atoms with Crippen molar-refractivity contribution in [3.63, 3.8) is 0 Å². The van der Waals surface area contributed by atoms with E-state index in [4.69, 9.17) is 32.7 Å². The first-order valence-electron chi connectivity index (χ1n) is 6.05. The van der Waals surface area contributed by atoms with E-state index >= 15 is 0 Å². The molecule has 1 N–H and O–H groups in total. The van der Waals surface area contributed by atoms with Gasteiger partial charge in [-0.1, -0.05) is 23.2 Å². The zero-order valence-electron chi connectivity index (χ0n) is 11.7. The predicted octanol–water partition coefficient (Wildman–Crippen LogP) is 5.14. The minimum atomic E-state index is -0.126. The summed E-state index contributed by atoms with van der Waals surface area (Å²) >= 11 is 17.2. The van der Waals surface area contributed by atoms with Crippen molar-refractivity contribution >= 4 is 50.5 Å². The summed E-state index contributed by atoms with van der Waals surface area (Å²) in [6, 6.07) is 5.57. The van der Waals surface area contributed by atoms with Crippen LogP contribution < -0.4 is 14.8 Å². The molecule has 1 aromatic carbocycles. The number of benzene rings is 1. The highest BCUT2D eigenvalue weighted by Crippen LogP contribution is 2.44. The molecule has 3 nitrogen and oxygen atoms in total. The van der Waals surface area contributed by atoms with E-state index in [-0.39, 0.29) is 6.04 Å². The van der Waals surface area contributed by atoms with Gasteiger partial charge in [-0.15, -0.1) is 11.3 Å². The third-order valence-electron chi connectivity index (χ3n) is 3.11. The largest absolute Gasteiger partial charge is 0.495 e. The molecular formula is C14H14BrCl2NO2S. The minimum absolute atomic E-state index is 0.126. The summed E-state index contributed by atoms with van der Waals surface area (Å²) in [5, 5.41) is 3.25. The first-order valence-corrected chi connectivity index (χ1v) is 8.42. The van der Waals surface area contributed by atoms with E-state index in [9.17, 15) is 0 Å². The van der Waals surface area contributed by atoms with Gasteiger partial charge in [0.15, 0.2) is 0 Å². The molecule has 7 heteroatoms. The Kier molecular flexibility index (Phi) is 5.80. The lowest BCUT2D eigenvalue weighted by Gasteiger charge is -2.21. The highest BCUT2D eigenvalue weighted by molar-refractivity contribution is 9.10. The van der Waals surface area contributed by atoms with E-state index in [0.717, 1.165) is 15.6 Å². The van der Waals surface area contributed by atoms with Crippen LogP contribution in [0.5, 0.6) is 11.5 Å². The summed E-state index contributed by atoms with van der Waals surface area (Å²) in [4.78, 5) is 0. The van der Waals surface area contributed by atoms with Crippen molar-refractivity contribution in [2.45, 2.75) is 6.04 Å². The second-order valence-corrected chi connectivity index (χ2v) is 7.28. The van der Waals surface area contributed by atoms with Gasteiger partial charge in [-0.25, -0.2) is 0 Å². The summed E-state index contributed by atoms with van der Waals surface area (Å²) in [5.74, 6) is 1.41. The van der Waals surface area contributed by atoms with Crippen LogP contribution in [0, 0.1) is 0 Å². The van der Waals surface area contributed by atoms with Gasteiger partial charge in [0.1, 0.15) is 16.0 Å². The molecule has 0 aliphatic carbocycles. The van der Waals surface area contributed by atoms with Gasteiger partial charge >= 0.3 is 0 Å². The molecule has 1 atom stereocenters. The fourth-order valence-electron chi connectivity index (χ4n) is 2.17. The molecule has 21 heavy (non-hydrogen) atoms. The van der Waals surface area contributed by atoms with Crippen molar-refractivity contribution in [1.29, 1.82) is 0 Å². The van der Waals surface area contributed by atoms with Gasteiger partial charge in [-0.2, -0.15) is 0 Å². The van der Waals surface area contributed by atoms with Crippen molar-refractivity contribution in [1.82, 2.24) is 5.32 Å². The number of thiophene rings is 1. The molecule has 0 bridgehead atoms. The Hall–Kier alpha value is -0.460. The average Bonchev–Trinajstić information content (AvgIpc) is 2.79. The number of methoxy groups -OCH3 is 2. The van der Waals surface area contributed by atoms with Crippen LogP contribution in [0.25, 0.3) is 0 Å². The van der Waals surface area contributed by atoms with Gasteiger partial charge in [-0.3, -0.25) is 0 Å². The smallest absolute Gasteiger partial charge is 0.141 e. The Morgan fingerprint density at radius 3 is 2.38 bits per heavy atom. The first-order chi connectivity index (χ1) is 10.0. The summed E-state index contributed by atoms with van der Waals surface area (Å²) in [6.45, 7) is 0. The van der Waals surface area contributed by atoms with Gasteiger partial charge in [-0.05, 0) is 41.2 Å². The minimum Gasteiger partial charge on any atom is -0.495 e. The number of hydrogen-bond donors (Lipinski definition) is 1. The van der Waals surface area contributed by atoms with Crippen LogP contribution in [0.3, 0.4) is 0 Å². The molecule has 1 unspecified atom stereocenters. The summed E-state index contributed by atoms with van der Waals surface area (Å²) in [7, 11) is 5.10. The molecule has 0 saturated heterocycles. The zero-order chi connectivity index (χ0) is 15.6. The van der Waals surface area contributed by atoms with Crippen LogP contribution in [-0.2, 0) is 0 Å². The van der Waals surface area contributed by atoms with Crippen molar-refractivity contribution in [3.8, 4) is 11.5 Å². The zero-order valence-corrected chi connectivity index (χ0v) is 15.6. The Morgan fingerprint density at radius 2 is 1.90 bits per heavy atom. The fourth-order valence-corrected chi connectivity index (χ4v) is 4.39. The molecule has 0 amide bonds. The maximum Gasteiger partial charge on any atom is 0.141 e. The molecule has 2 rings (SSSR count). The van der Waals surface area contributed by atoms with E-state index in [0.29, 0.717) is 20.2 Å². The van der Waals surface area contributed by atoms with Crippen LogP contribution in [0.2, 0.25) is 8.67 Å². The monoisotopic (exact) mass is 409 g/mol. The summed E-state index contributed by atoms with van der Waals surface area (Å²) in [6.07, 6.45) is 0. The number of hydrogen-bond acceptors (Lipinski definition) is 4. The Bertz CT molecular complexity index is 648. The molecule has 2 aromatic rings. The van der Waals surface area contributed by atoms with E-state index in [1.54, 1.807) is 14.2 Å². The maximum absolute atomic E-state index is 6.28. The second-order valence-electron chi connectivity index (χ2n) is 4.21. The normalized spacial score (nSPS) is 12.3. The van der Waals surface area contributed by atoms with E-state index in [1.165, 1.54) is 11.3 Å². The highest BCUT2D eigenvalue weighted by Gasteiger charge is 2.24. The third-order valence-corrected chi connectivity index (χ3v) is 5.38. The molecule has 114 valence electrons. The lowest BCUT2D eigenvalue weighted by molar-refractivity contribution is 0.383. The molecule has 0 aliphatic heterocycles. The van der Waals surface area contributed by atoms with E-state index < -0.39 is 0 Å². The molecule has 0 aliphatic rings. The quantitative estimate of drug-likeness (QED) is 0.739. The highest BCUT2D eigenvalue weighted by atomic mass is 79.9. The second kappa shape index (κ2) is 7.20. The van der Waals surface area contributed by atoms with Gasteiger partial charge in [0.25, 0.3) is 0 Å². The van der Waals surface area contributed by atoms with Crippen LogP contribution in [-0.4, -0.2) is 21.3 Å². The number of ether oxygens (including phenoxy) is 2. The van der Waals surface area contributed by atoms with Crippen LogP contribution in [0.15, 0.2) is 22.7 Å². The fraction of sp³-hybridized carbons (Fsp3) is 0.286. The number of rotatable bonds is 5. The van der Waals surface area contributed by atoms with Crippen LogP contribution in [0.4, 0.5) is 0 Å². The topological polar surface area (TPSA) is 30.5 Å². The number of halogens is 3. The summed E-state index contributed by atoms with van der Waals surface area (Å²) < 4.78 is 12.9. The molecule has 0 fully saturated rings. The van der Waals surface area contributed by atoms with Gasteiger partial charge in [0.05, 0.1) is 28.9 Å². The van der Waals surface area contributed by atoms with Crippen molar-refractivity contribution in [2.75, 3.05) is 21.3 Å². The van der Waals surface area contributed by atoms with Gasteiger partial charge in [0.2, 0.25) is 0 Å². The van der Waals surface area contributed by atoms with E-state index in [2.05, 4.69) is 21.2 Å². The predicted molar refractivity (Wildman–Crippen MR) is 92.5 cm³/mol. The van der Waals surface area contributed by atoms with Crippen molar-refractivity contribution < 1.29 is 9.47 Å².